The van der Waals surface area contributed by atoms with Crippen molar-refractivity contribution < 1.29 is 19.5 Å². The molecule has 1 aromatic carbocycles. The standard InChI is InChI=1S/C7H9N2.Zn/c1-9-7-4-2-3-6(8)5-7;/h2-5,8-9H,1H3;/q-1;. The molecule has 0 atom stereocenters. The summed E-state index contributed by atoms with van der Waals surface area (Å²) in [5.74, 6) is 0. The van der Waals surface area contributed by atoms with Crippen molar-refractivity contribution >= 4 is 11.4 Å². The fourth-order valence-electron chi connectivity index (χ4n) is 0.675. The summed E-state index contributed by atoms with van der Waals surface area (Å²) >= 11 is 0. The molecule has 0 amide bonds. The average molecular weight is 187 g/mol. The quantitative estimate of drug-likeness (QED) is 0.672. The van der Waals surface area contributed by atoms with Gasteiger partial charge in [-0.15, -0.1) is 5.69 Å². The molecule has 0 saturated heterocycles. The fourth-order valence-corrected chi connectivity index (χ4v) is 0.675. The van der Waals surface area contributed by atoms with E-state index in [-0.39, 0.29) is 19.5 Å². The molecule has 0 heterocycles. The van der Waals surface area contributed by atoms with E-state index in [0.29, 0.717) is 5.69 Å². The zero-order valence-electron chi connectivity index (χ0n) is 6.02. The number of nitrogens with one attached hydrogen (secondary N) is 2. The van der Waals surface area contributed by atoms with Gasteiger partial charge in [-0.2, -0.15) is 0 Å². The Bertz CT molecular complexity index is 201. The van der Waals surface area contributed by atoms with Gasteiger partial charge in [0.1, 0.15) is 0 Å². The summed E-state index contributed by atoms with van der Waals surface area (Å²) in [7, 11) is 1.84. The van der Waals surface area contributed by atoms with Crippen LogP contribution in [0.3, 0.4) is 0 Å². The van der Waals surface area contributed by atoms with Crippen LogP contribution < -0.4 is 5.32 Å². The van der Waals surface area contributed by atoms with Crippen LogP contribution in [-0.4, -0.2) is 7.05 Å². The molecule has 0 aromatic heterocycles. The second-order valence-electron chi connectivity index (χ2n) is 1.83. The molecule has 0 fully saturated rings. The Kier molecular flexibility index (Phi) is 4.05. The Morgan fingerprint density at radius 1 is 1.40 bits per heavy atom. The average Bonchev–Trinajstić information content (AvgIpc) is 1.88. The van der Waals surface area contributed by atoms with Crippen molar-refractivity contribution in [3.8, 4) is 0 Å². The van der Waals surface area contributed by atoms with Crippen LogP contribution in [0, 0.1) is 0 Å². The maximum Gasteiger partial charge on any atom is 0.0325 e. The van der Waals surface area contributed by atoms with Gasteiger partial charge in [-0.05, 0) is 6.07 Å². The predicted molar refractivity (Wildman–Crippen MR) is 40.0 cm³/mol. The van der Waals surface area contributed by atoms with E-state index in [1.54, 1.807) is 12.1 Å². The number of rotatable bonds is 1. The van der Waals surface area contributed by atoms with Crippen LogP contribution in [0.2, 0.25) is 0 Å². The molecule has 2 N–H and O–H groups in total. The Balaban J connectivity index is 0.000000810. The first-order chi connectivity index (χ1) is 4.33. The molecule has 0 aliphatic heterocycles. The van der Waals surface area contributed by atoms with Crippen LogP contribution in [-0.2, 0) is 19.5 Å². The first-order valence-corrected chi connectivity index (χ1v) is 2.82. The third-order valence-electron chi connectivity index (χ3n) is 1.15. The molecule has 0 aliphatic rings. The second kappa shape index (κ2) is 4.29. The van der Waals surface area contributed by atoms with Crippen LogP contribution in [0.25, 0.3) is 5.73 Å². The molecular weight excluding hydrogens is 177 g/mol. The van der Waals surface area contributed by atoms with Gasteiger partial charge in [0.15, 0.2) is 0 Å². The molecule has 50 valence electrons. The molecule has 0 aliphatic carbocycles. The van der Waals surface area contributed by atoms with E-state index in [9.17, 15) is 0 Å². The molecule has 0 radical (unpaired) electrons. The first-order valence-electron chi connectivity index (χ1n) is 2.82. The zero-order valence-corrected chi connectivity index (χ0v) is 8.98. The molecule has 1 rings (SSSR count). The van der Waals surface area contributed by atoms with Gasteiger partial charge >= 0.3 is 0 Å². The minimum absolute atomic E-state index is 0. The largest absolute Gasteiger partial charge is 0.699 e. The fraction of sp³-hybridized carbons (Fsp3) is 0.143. The second-order valence-corrected chi connectivity index (χ2v) is 1.83. The van der Waals surface area contributed by atoms with Crippen molar-refractivity contribution in [2.75, 3.05) is 12.4 Å². The van der Waals surface area contributed by atoms with Crippen molar-refractivity contribution in [1.29, 1.82) is 0 Å². The van der Waals surface area contributed by atoms with Crippen molar-refractivity contribution in [2.24, 2.45) is 0 Å². The maximum absolute atomic E-state index is 7.20. The van der Waals surface area contributed by atoms with E-state index in [1.807, 2.05) is 19.2 Å². The van der Waals surface area contributed by atoms with Crippen molar-refractivity contribution in [1.82, 2.24) is 0 Å². The summed E-state index contributed by atoms with van der Waals surface area (Å²) in [5.41, 5.74) is 8.73. The number of benzene rings is 1. The zero-order chi connectivity index (χ0) is 6.69. The Labute approximate surface area is 73.6 Å². The Hall–Kier alpha value is -0.557. The van der Waals surface area contributed by atoms with E-state index in [2.05, 4.69) is 5.32 Å². The number of anilines is 1. The summed E-state index contributed by atoms with van der Waals surface area (Å²) in [6, 6.07) is 7.31. The molecule has 10 heavy (non-hydrogen) atoms. The van der Waals surface area contributed by atoms with Gasteiger partial charge in [0.2, 0.25) is 0 Å². The molecule has 2 nitrogen and oxygen atoms in total. The summed E-state index contributed by atoms with van der Waals surface area (Å²) in [6.45, 7) is 0. The van der Waals surface area contributed by atoms with Crippen LogP contribution >= 0.6 is 0 Å². The van der Waals surface area contributed by atoms with Crippen molar-refractivity contribution in [3.05, 3.63) is 30.0 Å². The van der Waals surface area contributed by atoms with E-state index in [4.69, 9.17) is 5.73 Å². The van der Waals surface area contributed by atoms with Crippen molar-refractivity contribution in [3.63, 3.8) is 0 Å². The maximum atomic E-state index is 7.20. The summed E-state index contributed by atoms with van der Waals surface area (Å²) in [6.07, 6.45) is 0. The van der Waals surface area contributed by atoms with Gasteiger partial charge in [0.05, 0.1) is 0 Å². The van der Waals surface area contributed by atoms with Crippen LogP contribution in [0.15, 0.2) is 24.3 Å². The summed E-state index contributed by atoms with van der Waals surface area (Å²) in [5, 5.41) is 2.95. The molecule has 0 spiro atoms. The summed E-state index contributed by atoms with van der Waals surface area (Å²) in [4.78, 5) is 0. The number of hydrogen-bond donors (Lipinski definition) is 1. The van der Waals surface area contributed by atoms with Crippen LogP contribution in [0.4, 0.5) is 11.4 Å². The Morgan fingerprint density at radius 3 is 2.50 bits per heavy atom. The predicted octanol–water partition coefficient (Wildman–Crippen LogP) is 2.41. The van der Waals surface area contributed by atoms with Crippen molar-refractivity contribution in [2.45, 2.75) is 0 Å². The van der Waals surface area contributed by atoms with Gasteiger partial charge in [0.25, 0.3) is 0 Å². The first kappa shape index (κ1) is 9.44. The normalized spacial score (nSPS) is 8.10. The minimum Gasteiger partial charge on any atom is -0.699 e. The van der Waals surface area contributed by atoms with E-state index in [0.717, 1.165) is 5.69 Å². The number of hydrogen-bond acceptors (Lipinski definition) is 1. The minimum atomic E-state index is 0. The molecule has 1 aromatic rings. The molecule has 0 saturated carbocycles. The smallest absolute Gasteiger partial charge is 0.0325 e. The monoisotopic (exact) mass is 185 g/mol. The van der Waals surface area contributed by atoms with E-state index < -0.39 is 0 Å². The van der Waals surface area contributed by atoms with Gasteiger partial charge in [-0.25, -0.2) is 0 Å². The molecule has 0 unspecified atom stereocenters. The van der Waals surface area contributed by atoms with Gasteiger partial charge in [-0.1, -0.05) is 18.2 Å². The molecule has 0 bridgehead atoms. The van der Waals surface area contributed by atoms with Gasteiger partial charge in [0, 0.05) is 32.2 Å². The van der Waals surface area contributed by atoms with E-state index >= 15 is 0 Å². The SMILES string of the molecule is CNc1cccc([NH-])c1.[Zn]. The topological polar surface area (TPSA) is 35.8 Å². The molecule has 3 heteroatoms. The van der Waals surface area contributed by atoms with Crippen LogP contribution in [0.1, 0.15) is 0 Å². The van der Waals surface area contributed by atoms with Crippen LogP contribution in [0.5, 0.6) is 0 Å². The molecular formula is C7H9N2Zn-. The van der Waals surface area contributed by atoms with Gasteiger partial charge in [-0.3, -0.25) is 0 Å². The van der Waals surface area contributed by atoms with E-state index in [1.165, 1.54) is 0 Å². The van der Waals surface area contributed by atoms with Gasteiger partial charge < -0.3 is 11.1 Å². The third kappa shape index (κ3) is 2.36. The summed E-state index contributed by atoms with van der Waals surface area (Å²) < 4.78 is 0. The third-order valence-corrected chi connectivity index (χ3v) is 1.15. The Morgan fingerprint density at radius 2 is 2.10 bits per heavy atom.